The van der Waals surface area contributed by atoms with E-state index in [0.29, 0.717) is 24.7 Å². The quantitative estimate of drug-likeness (QED) is 0.602. The molecule has 0 unspecified atom stereocenters. The smallest absolute Gasteiger partial charge is 0.319 e. The largest absolute Gasteiger partial charge is 0.491 e. The maximum absolute atomic E-state index is 12.0. The first kappa shape index (κ1) is 19.8. The third kappa shape index (κ3) is 7.32. The lowest BCUT2D eigenvalue weighted by molar-refractivity contribution is -0.123. The number of carbonyl (C=O) groups excluding carboxylic acids is 2. The zero-order valence-electron chi connectivity index (χ0n) is 14.7. The van der Waals surface area contributed by atoms with Gasteiger partial charge in [0.1, 0.15) is 18.4 Å². The highest BCUT2D eigenvalue weighted by atomic mass is 16.5. The van der Waals surface area contributed by atoms with Crippen LogP contribution in [0.25, 0.3) is 0 Å². The second kappa shape index (κ2) is 10.5. The monoisotopic (exact) mass is 337 g/mol. The van der Waals surface area contributed by atoms with E-state index in [1.807, 2.05) is 13.8 Å². The molecule has 1 aromatic carbocycles. The van der Waals surface area contributed by atoms with Gasteiger partial charge in [-0.1, -0.05) is 13.0 Å². The van der Waals surface area contributed by atoms with Gasteiger partial charge in [-0.05, 0) is 32.4 Å². The maximum Gasteiger partial charge on any atom is 0.319 e. The van der Waals surface area contributed by atoms with Crippen LogP contribution in [0.5, 0.6) is 5.75 Å². The number of amides is 3. The summed E-state index contributed by atoms with van der Waals surface area (Å²) in [7, 11) is 1.60. The van der Waals surface area contributed by atoms with Gasteiger partial charge in [-0.15, -0.1) is 0 Å². The minimum Gasteiger partial charge on any atom is -0.491 e. The SMILES string of the molecule is CC[C@H](C)NC(=O)[C@H](C)NC(=O)Nc1cccc(OCCOC)c1. The van der Waals surface area contributed by atoms with Crippen LogP contribution in [0.1, 0.15) is 27.2 Å². The van der Waals surface area contributed by atoms with E-state index in [2.05, 4.69) is 16.0 Å². The average Bonchev–Trinajstić information content (AvgIpc) is 2.55. The number of anilines is 1. The molecule has 0 aliphatic carbocycles. The van der Waals surface area contributed by atoms with Crippen LogP contribution in [0.15, 0.2) is 24.3 Å². The van der Waals surface area contributed by atoms with Crippen LogP contribution in [-0.2, 0) is 9.53 Å². The van der Waals surface area contributed by atoms with Crippen molar-refractivity contribution >= 4 is 17.6 Å². The first-order valence-electron chi connectivity index (χ1n) is 8.06. The van der Waals surface area contributed by atoms with Crippen LogP contribution in [-0.4, -0.2) is 44.3 Å². The number of benzene rings is 1. The number of rotatable bonds is 9. The molecule has 0 aliphatic heterocycles. The van der Waals surface area contributed by atoms with E-state index in [1.165, 1.54) is 0 Å². The lowest BCUT2D eigenvalue weighted by atomic mass is 10.2. The van der Waals surface area contributed by atoms with Crippen molar-refractivity contribution in [3.8, 4) is 5.75 Å². The van der Waals surface area contributed by atoms with Gasteiger partial charge < -0.3 is 25.4 Å². The molecule has 0 saturated carbocycles. The minimum absolute atomic E-state index is 0.0748. The predicted molar refractivity (Wildman–Crippen MR) is 93.3 cm³/mol. The first-order chi connectivity index (χ1) is 11.5. The number of urea groups is 1. The van der Waals surface area contributed by atoms with Crippen molar-refractivity contribution in [3.05, 3.63) is 24.3 Å². The number of carbonyl (C=O) groups is 2. The highest BCUT2D eigenvalue weighted by molar-refractivity contribution is 5.93. The Morgan fingerprint density at radius 1 is 1.17 bits per heavy atom. The van der Waals surface area contributed by atoms with Crippen LogP contribution >= 0.6 is 0 Å². The van der Waals surface area contributed by atoms with Crippen molar-refractivity contribution in [1.82, 2.24) is 10.6 Å². The predicted octanol–water partition coefficient (Wildman–Crippen LogP) is 2.14. The molecule has 3 N–H and O–H groups in total. The molecule has 1 rings (SSSR count). The third-order valence-electron chi connectivity index (χ3n) is 3.39. The molecular weight excluding hydrogens is 310 g/mol. The molecule has 1 aromatic rings. The molecule has 0 radical (unpaired) electrons. The van der Waals surface area contributed by atoms with E-state index in [0.717, 1.165) is 6.42 Å². The molecular formula is C17H27N3O4. The molecule has 0 spiro atoms. The van der Waals surface area contributed by atoms with E-state index in [1.54, 1.807) is 38.3 Å². The van der Waals surface area contributed by atoms with Crippen molar-refractivity contribution in [2.24, 2.45) is 0 Å². The molecule has 2 atom stereocenters. The number of ether oxygens (including phenoxy) is 2. The summed E-state index contributed by atoms with van der Waals surface area (Å²) in [6, 6.07) is 6.02. The lowest BCUT2D eigenvalue weighted by Crippen LogP contribution is -2.48. The summed E-state index contributed by atoms with van der Waals surface area (Å²) in [5, 5.41) is 8.11. The normalized spacial score (nSPS) is 12.8. The number of hydrogen-bond donors (Lipinski definition) is 3. The Kier molecular flexibility index (Phi) is 8.64. The van der Waals surface area contributed by atoms with Crippen molar-refractivity contribution in [1.29, 1.82) is 0 Å². The van der Waals surface area contributed by atoms with Gasteiger partial charge in [0.25, 0.3) is 0 Å². The second-order valence-corrected chi connectivity index (χ2v) is 5.51. The molecule has 0 saturated heterocycles. The molecule has 0 heterocycles. The molecule has 7 nitrogen and oxygen atoms in total. The standard InChI is InChI=1S/C17H27N3O4/c1-5-12(2)18-16(21)13(3)19-17(22)20-14-7-6-8-15(11-14)24-10-9-23-4/h6-8,11-13H,5,9-10H2,1-4H3,(H,18,21)(H2,19,20,22)/t12-,13-/m0/s1. The Balaban J connectivity index is 2.49. The minimum atomic E-state index is -0.625. The molecule has 24 heavy (non-hydrogen) atoms. The van der Waals surface area contributed by atoms with Crippen molar-refractivity contribution in [2.75, 3.05) is 25.6 Å². The highest BCUT2D eigenvalue weighted by Crippen LogP contribution is 2.17. The molecule has 3 amide bonds. The van der Waals surface area contributed by atoms with E-state index < -0.39 is 12.1 Å². The van der Waals surface area contributed by atoms with Gasteiger partial charge in [0.05, 0.1) is 6.61 Å². The molecule has 134 valence electrons. The van der Waals surface area contributed by atoms with E-state index >= 15 is 0 Å². The Morgan fingerprint density at radius 2 is 1.92 bits per heavy atom. The fraction of sp³-hybridized carbons (Fsp3) is 0.529. The van der Waals surface area contributed by atoms with Gasteiger partial charge >= 0.3 is 6.03 Å². The number of hydrogen-bond acceptors (Lipinski definition) is 4. The van der Waals surface area contributed by atoms with E-state index in [9.17, 15) is 9.59 Å². The van der Waals surface area contributed by atoms with Crippen molar-refractivity contribution in [3.63, 3.8) is 0 Å². The van der Waals surface area contributed by atoms with Crippen LogP contribution < -0.4 is 20.7 Å². The molecule has 0 aliphatic rings. The molecule has 0 fully saturated rings. The number of nitrogens with one attached hydrogen (secondary N) is 3. The highest BCUT2D eigenvalue weighted by Gasteiger charge is 2.16. The summed E-state index contributed by atoms with van der Waals surface area (Å²) < 4.78 is 10.4. The topological polar surface area (TPSA) is 88.7 Å². The number of methoxy groups -OCH3 is 1. The average molecular weight is 337 g/mol. The van der Waals surface area contributed by atoms with E-state index in [4.69, 9.17) is 9.47 Å². The third-order valence-corrected chi connectivity index (χ3v) is 3.39. The van der Waals surface area contributed by atoms with Gasteiger partial charge in [-0.2, -0.15) is 0 Å². The van der Waals surface area contributed by atoms with Crippen molar-refractivity contribution in [2.45, 2.75) is 39.3 Å². The Hall–Kier alpha value is -2.28. The zero-order chi connectivity index (χ0) is 17.9. The van der Waals surface area contributed by atoms with Crippen LogP contribution in [0.4, 0.5) is 10.5 Å². The van der Waals surface area contributed by atoms with Gasteiger partial charge in [0.2, 0.25) is 5.91 Å². The summed E-state index contributed by atoms with van der Waals surface area (Å²) in [5.41, 5.74) is 0.581. The van der Waals surface area contributed by atoms with Gasteiger partial charge in [0.15, 0.2) is 0 Å². The van der Waals surface area contributed by atoms with Crippen LogP contribution in [0.3, 0.4) is 0 Å². The molecule has 7 heteroatoms. The summed E-state index contributed by atoms with van der Waals surface area (Å²) in [6.45, 7) is 6.46. The summed E-state index contributed by atoms with van der Waals surface area (Å²) >= 11 is 0. The fourth-order valence-corrected chi connectivity index (χ4v) is 1.81. The van der Waals surface area contributed by atoms with Gasteiger partial charge in [0, 0.05) is 24.9 Å². The maximum atomic E-state index is 12.0. The van der Waals surface area contributed by atoms with Crippen molar-refractivity contribution < 1.29 is 19.1 Å². The summed E-state index contributed by atoms with van der Waals surface area (Å²) in [6.07, 6.45) is 0.834. The molecule has 0 aromatic heterocycles. The Labute approximate surface area is 143 Å². The fourth-order valence-electron chi connectivity index (χ4n) is 1.81. The van der Waals surface area contributed by atoms with Gasteiger partial charge in [-0.3, -0.25) is 4.79 Å². The first-order valence-corrected chi connectivity index (χ1v) is 8.06. The van der Waals surface area contributed by atoms with Crippen LogP contribution in [0.2, 0.25) is 0 Å². The summed E-state index contributed by atoms with van der Waals surface area (Å²) in [5.74, 6) is 0.420. The van der Waals surface area contributed by atoms with E-state index in [-0.39, 0.29) is 11.9 Å². The second-order valence-electron chi connectivity index (χ2n) is 5.51. The van der Waals surface area contributed by atoms with Gasteiger partial charge in [-0.25, -0.2) is 4.79 Å². The molecule has 0 bridgehead atoms. The Bertz CT molecular complexity index is 536. The lowest BCUT2D eigenvalue weighted by Gasteiger charge is -2.18. The van der Waals surface area contributed by atoms with Crippen LogP contribution in [0, 0.1) is 0 Å². The zero-order valence-corrected chi connectivity index (χ0v) is 14.7. The Morgan fingerprint density at radius 3 is 2.58 bits per heavy atom. The summed E-state index contributed by atoms with van der Waals surface area (Å²) in [4.78, 5) is 23.9.